The van der Waals surface area contributed by atoms with Crippen LogP contribution >= 0.6 is 0 Å². The summed E-state index contributed by atoms with van der Waals surface area (Å²) in [5.74, 6) is -15.6. The molecule has 0 N–H and O–H groups in total. The standard InChI is InChI=1S/C23H23F5O4/c1-2-3-4-5-6-7-10-13-31-22(29)14-11-8-9-12-15(14)23(30)32-21-19(27)17(25)16(24)18(26)20(21)28/h8-9,11-12H,2-7,10,13H2,1H3. The predicted molar refractivity (Wildman–Crippen MR) is 106 cm³/mol. The fourth-order valence-corrected chi connectivity index (χ4v) is 2.96. The van der Waals surface area contributed by atoms with Gasteiger partial charge in [0.05, 0.1) is 17.7 Å². The Morgan fingerprint density at radius 2 is 1.16 bits per heavy atom. The van der Waals surface area contributed by atoms with Crippen LogP contribution in [0.25, 0.3) is 0 Å². The van der Waals surface area contributed by atoms with Crippen LogP contribution in [0.1, 0.15) is 72.6 Å². The maximum Gasteiger partial charge on any atom is 0.344 e. The minimum absolute atomic E-state index is 0.105. The largest absolute Gasteiger partial charge is 0.462 e. The van der Waals surface area contributed by atoms with Crippen LogP contribution in [-0.2, 0) is 4.74 Å². The van der Waals surface area contributed by atoms with Crippen molar-refractivity contribution in [2.24, 2.45) is 0 Å². The molecule has 0 atom stereocenters. The Labute approximate surface area is 182 Å². The van der Waals surface area contributed by atoms with Gasteiger partial charge in [0.1, 0.15) is 0 Å². The Bertz CT molecular complexity index is 933. The number of ether oxygens (including phenoxy) is 2. The molecule has 0 saturated heterocycles. The number of benzene rings is 2. The molecule has 0 aliphatic rings. The van der Waals surface area contributed by atoms with Crippen molar-refractivity contribution in [2.45, 2.75) is 51.9 Å². The first-order valence-electron chi connectivity index (χ1n) is 10.3. The summed E-state index contributed by atoms with van der Waals surface area (Å²) in [5.41, 5.74) is -0.703. The van der Waals surface area contributed by atoms with Crippen molar-refractivity contribution in [1.82, 2.24) is 0 Å². The molecule has 0 fully saturated rings. The summed E-state index contributed by atoms with van der Waals surface area (Å²) in [6.45, 7) is 2.23. The number of halogens is 5. The number of carbonyl (C=O) groups is 2. The molecule has 0 spiro atoms. The van der Waals surface area contributed by atoms with E-state index in [9.17, 15) is 31.5 Å². The van der Waals surface area contributed by atoms with Gasteiger partial charge in [0.25, 0.3) is 0 Å². The van der Waals surface area contributed by atoms with Crippen LogP contribution < -0.4 is 4.74 Å². The quantitative estimate of drug-likeness (QED) is 0.0962. The highest BCUT2D eigenvalue weighted by Crippen LogP contribution is 2.30. The van der Waals surface area contributed by atoms with E-state index in [1.165, 1.54) is 24.6 Å². The van der Waals surface area contributed by atoms with Crippen molar-refractivity contribution in [3.05, 3.63) is 64.5 Å². The van der Waals surface area contributed by atoms with Crippen LogP contribution in [0.15, 0.2) is 24.3 Å². The minimum atomic E-state index is -2.38. The second kappa shape index (κ2) is 12.2. The van der Waals surface area contributed by atoms with E-state index in [0.717, 1.165) is 38.2 Å². The lowest BCUT2D eigenvalue weighted by atomic mass is 10.1. The van der Waals surface area contributed by atoms with E-state index in [1.54, 1.807) is 0 Å². The number of carbonyl (C=O) groups excluding carboxylic acids is 2. The summed E-state index contributed by atoms with van der Waals surface area (Å²) >= 11 is 0. The maximum absolute atomic E-state index is 13.8. The van der Waals surface area contributed by atoms with Crippen LogP contribution in [0.3, 0.4) is 0 Å². The first kappa shape index (κ1) is 25.3. The summed E-state index contributed by atoms with van der Waals surface area (Å²) < 4.78 is 76.9. The summed E-state index contributed by atoms with van der Waals surface area (Å²) in [7, 11) is 0. The number of hydrogen-bond donors (Lipinski definition) is 0. The van der Waals surface area contributed by atoms with Crippen LogP contribution in [-0.4, -0.2) is 18.5 Å². The molecule has 0 radical (unpaired) electrons. The molecule has 32 heavy (non-hydrogen) atoms. The smallest absolute Gasteiger partial charge is 0.344 e. The Morgan fingerprint density at radius 3 is 1.72 bits per heavy atom. The van der Waals surface area contributed by atoms with E-state index in [-0.39, 0.29) is 12.2 Å². The molecule has 174 valence electrons. The van der Waals surface area contributed by atoms with Crippen molar-refractivity contribution in [3.63, 3.8) is 0 Å². The second-order valence-electron chi connectivity index (χ2n) is 7.09. The molecule has 0 amide bonds. The van der Waals surface area contributed by atoms with Gasteiger partial charge in [-0.1, -0.05) is 57.6 Å². The molecular formula is C23H23F5O4. The van der Waals surface area contributed by atoms with E-state index in [0.29, 0.717) is 6.42 Å². The lowest BCUT2D eigenvalue weighted by Gasteiger charge is -2.11. The third kappa shape index (κ3) is 6.27. The fourth-order valence-electron chi connectivity index (χ4n) is 2.96. The zero-order valence-corrected chi connectivity index (χ0v) is 17.5. The van der Waals surface area contributed by atoms with Gasteiger partial charge >= 0.3 is 11.9 Å². The van der Waals surface area contributed by atoms with E-state index >= 15 is 0 Å². The van der Waals surface area contributed by atoms with Crippen molar-refractivity contribution in [2.75, 3.05) is 6.61 Å². The summed E-state index contributed by atoms with van der Waals surface area (Å²) in [6.07, 6.45) is 7.04. The first-order chi connectivity index (χ1) is 15.3. The molecule has 0 aromatic heterocycles. The third-order valence-corrected chi connectivity index (χ3v) is 4.71. The Kier molecular flexibility index (Phi) is 9.61. The highest BCUT2D eigenvalue weighted by molar-refractivity contribution is 6.03. The van der Waals surface area contributed by atoms with E-state index in [1.807, 2.05) is 0 Å². The molecule has 4 nitrogen and oxygen atoms in total. The van der Waals surface area contributed by atoms with Crippen LogP contribution in [0, 0.1) is 29.1 Å². The van der Waals surface area contributed by atoms with Gasteiger partial charge in [-0.2, -0.15) is 8.78 Å². The SMILES string of the molecule is CCCCCCCCCOC(=O)c1ccccc1C(=O)Oc1c(F)c(F)c(F)c(F)c1F. The zero-order chi connectivity index (χ0) is 23.7. The van der Waals surface area contributed by atoms with Gasteiger partial charge in [-0.05, 0) is 18.6 Å². The predicted octanol–water partition coefficient (Wildman–Crippen LogP) is 6.51. The van der Waals surface area contributed by atoms with Crippen molar-refractivity contribution >= 4 is 11.9 Å². The average Bonchev–Trinajstić information content (AvgIpc) is 2.80. The topological polar surface area (TPSA) is 52.6 Å². The van der Waals surface area contributed by atoms with Gasteiger partial charge in [-0.15, -0.1) is 0 Å². The average molecular weight is 458 g/mol. The Hall–Kier alpha value is -2.97. The van der Waals surface area contributed by atoms with Gasteiger partial charge in [0, 0.05) is 0 Å². The normalized spacial score (nSPS) is 10.8. The Morgan fingerprint density at radius 1 is 0.688 bits per heavy atom. The summed E-state index contributed by atoms with van der Waals surface area (Å²) in [5, 5.41) is 0. The van der Waals surface area contributed by atoms with Crippen LogP contribution in [0.2, 0.25) is 0 Å². The Balaban J connectivity index is 2.04. The van der Waals surface area contributed by atoms with Crippen LogP contribution in [0.5, 0.6) is 5.75 Å². The number of hydrogen-bond acceptors (Lipinski definition) is 4. The van der Waals surface area contributed by atoms with Crippen LogP contribution in [0.4, 0.5) is 22.0 Å². The minimum Gasteiger partial charge on any atom is -0.462 e. The second-order valence-corrected chi connectivity index (χ2v) is 7.09. The molecule has 9 heteroatoms. The molecular weight excluding hydrogens is 435 g/mol. The molecule has 0 aliphatic heterocycles. The van der Waals surface area contributed by atoms with E-state index in [2.05, 4.69) is 11.7 Å². The highest BCUT2D eigenvalue weighted by Gasteiger charge is 2.30. The van der Waals surface area contributed by atoms with Gasteiger partial charge < -0.3 is 9.47 Å². The van der Waals surface area contributed by atoms with Gasteiger partial charge in [-0.25, -0.2) is 22.8 Å². The number of esters is 2. The van der Waals surface area contributed by atoms with Gasteiger partial charge in [-0.3, -0.25) is 0 Å². The van der Waals surface area contributed by atoms with Crippen molar-refractivity contribution in [1.29, 1.82) is 0 Å². The molecule has 2 rings (SSSR count). The third-order valence-electron chi connectivity index (χ3n) is 4.71. The van der Waals surface area contributed by atoms with Crippen molar-refractivity contribution < 1.29 is 41.0 Å². The summed E-state index contributed by atoms with van der Waals surface area (Å²) in [6, 6.07) is 5.09. The lowest BCUT2D eigenvalue weighted by molar-refractivity contribution is 0.0489. The molecule has 2 aromatic carbocycles. The number of unbranched alkanes of at least 4 members (excludes halogenated alkanes) is 6. The lowest BCUT2D eigenvalue weighted by Crippen LogP contribution is -2.18. The fraction of sp³-hybridized carbons (Fsp3) is 0.391. The first-order valence-corrected chi connectivity index (χ1v) is 10.3. The molecule has 2 aromatic rings. The summed E-state index contributed by atoms with van der Waals surface area (Å²) in [4.78, 5) is 24.7. The maximum atomic E-state index is 13.8. The van der Waals surface area contributed by atoms with Gasteiger partial charge in [0.15, 0.2) is 0 Å². The van der Waals surface area contributed by atoms with Crippen molar-refractivity contribution in [3.8, 4) is 5.75 Å². The highest BCUT2D eigenvalue weighted by atomic mass is 19.2. The van der Waals surface area contributed by atoms with E-state index < -0.39 is 52.3 Å². The zero-order valence-electron chi connectivity index (χ0n) is 17.5. The molecule has 0 unspecified atom stereocenters. The molecule has 0 aliphatic carbocycles. The van der Waals surface area contributed by atoms with Gasteiger partial charge in [0.2, 0.25) is 34.8 Å². The monoisotopic (exact) mass is 458 g/mol. The molecule has 0 saturated carbocycles. The molecule has 0 heterocycles. The molecule has 0 bridgehead atoms. The van der Waals surface area contributed by atoms with E-state index in [4.69, 9.17) is 4.74 Å². The number of rotatable bonds is 11.